The third kappa shape index (κ3) is 3.52. The van der Waals surface area contributed by atoms with E-state index >= 15 is 0 Å². The molecule has 0 aliphatic carbocycles. The first-order valence-corrected chi connectivity index (χ1v) is 8.19. The summed E-state index contributed by atoms with van der Waals surface area (Å²) < 4.78 is 5.49. The molecule has 2 aromatic rings. The van der Waals surface area contributed by atoms with Gasteiger partial charge in [0.2, 0.25) is 0 Å². The lowest BCUT2D eigenvalue weighted by molar-refractivity contribution is 0.193. The number of rotatable bonds is 5. The number of hydrogen-bond acceptors (Lipinski definition) is 5. The van der Waals surface area contributed by atoms with Crippen LogP contribution < -0.4 is 4.90 Å². The zero-order chi connectivity index (χ0) is 16.4. The first-order valence-electron chi connectivity index (χ1n) is 8.19. The van der Waals surface area contributed by atoms with Gasteiger partial charge in [-0.25, -0.2) is 9.97 Å². The van der Waals surface area contributed by atoms with Gasteiger partial charge in [-0.1, -0.05) is 0 Å². The number of aromatic amines is 1. The predicted octanol–water partition coefficient (Wildman–Crippen LogP) is 2.31. The van der Waals surface area contributed by atoms with Gasteiger partial charge in [0.05, 0.1) is 18.0 Å². The number of nitrogens with one attached hydrogen (secondary N) is 1. The molecule has 1 aliphatic heterocycles. The van der Waals surface area contributed by atoms with Crippen LogP contribution in [0.3, 0.4) is 0 Å². The summed E-state index contributed by atoms with van der Waals surface area (Å²) in [6.45, 7) is 8.58. The van der Waals surface area contributed by atoms with Crippen LogP contribution in [0, 0.1) is 20.8 Å². The second kappa shape index (κ2) is 6.66. The van der Waals surface area contributed by atoms with E-state index in [-0.39, 0.29) is 0 Å². The molecule has 0 spiro atoms. The summed E-state index contributed by atoms with van der Waals surface area (Å²) in [5.41, 5.74) is 4.64. The number of nitrogens with zero attached hydrogens (tertiary/aromatic N) is 4. The number of ether oxygens (including phenoxy) is 1. The molecule has 0 aromatic carbocycles. The van der Waals surface area contributed by atoms with Gasteiger partial charge in [-0.3, -0.25) is 5.10 Å². The second-order valence-electron chi connectivity index (χ2n) is 6.34. The minimum atomic E-state index is 0.405. The van der Waals surface area contributed by atoms with Crippen molar-refractivity contribution in [2.45, 2.75) is 39.5 Å². The zero-order valence-corrected chi connectivity index (χ0v) is 14.4. The zero-order valence-electron chi connectivity index (χ0n) is 14.4. The fourth-order valence-corrected chi connectivity index (χ4v) is 3.08. The summed E-state index contributed by atoms with van der Waals surface area (Å²) in [6, 6.07) is 2.11. The van der Waals surface area contributed by atoms with Gasteiger partial charge in [-0.05, 0) is 39.2 Å². The van der Waals surface area contributed by atoms with E-state index in [1.54, 1.807) is 0 Å². The highest BCUT2D eigenvalue weighted by atomic mass is 16.5. The van der Waals surface area contributed by atoms with Crippen molar-refractivity contribution in [2.24, 2.45) is 0 Å². The lowest BCUT2D eigenvalue weighted by Gasteiger charge is -2.20. The van der Waals surface area contributed by atoms with Crippen LogP contribution in [0.2, 0.25) is 0 Å². The average Bonchev–Trinajstić information content (AvgIpc) is 3.16. The number of anilines is 1. The van der Waals surface area contributed by atoms with Gasteiger partial charge in [0.25, 0.3) is 0 Å². The van der Waals surface area contributed by atoms with E-state index in [0.29, 0.717) is 5.92 Å². The van der Waals surface area contributed by atoms with E-state index in [1.807, 2.05) is 13.8 Å². The Hall–Kier alpha value is -1.95. The second-order valence-corrected chi connectivity index (χ2v) is 6.34. The Bertz CT molecular complexity index is 656. The van der Waals surface area contributed by atoms with Gasteiger partial charge in [0, 0.05) is 37.9 Å². The normalized spacial score (nSPS) is 17.7. The quantitative estimate of drug-likeness (QED) is 0.917. The lowest BCUT2D eigenvalue weighted by Crippen LogP contribution is -2.23. The number of likely N-dealkylation sites (N-methyl/N-ethyl adjacent to an activating group) is 1. The van der Waals surface area contributed by atoms with Crippen LogP contribution in [-0.2, 0) is 11.2 Å². The number of aromatic nitrogens is 4. The van der Waals surface area contributed by atoms with Gasteiger partial charge >= 0.3 is 0 Å². The molecular weight excluding hydrogens is 290 g/mol. The summed E-state index contributed by atoms with van der Waals surface area (Å²) >= 11 is 0. The summed E-state index contributed by atoms with van der Waals surface area (Å²) in [5, 5.41) is 7.31. The van der Waals surface area contributed by atoms with Crippen LogP contribution >= 0.6 is 0 Å². The highest BCUT2D eigenvalue weighted by molar-refractivity contribution is 5.40. The van der Waals surface area contributed by atoms with Crippen LogP contribution in [0.4, 0.5) is 5.82 Å². The van der Waals surface area contributed by atoms with Gasteiger partial charge in [-0.15, -0.1) is 0 Å². The van der Waals surface area contributed by atoms with Crippen molar-refractivity contribution < 1.29 is 4.74 Å². The molecule has 0 saturated carbocycles. The highest BCUT2D eigenvalue weighted by Crippen LogP contribution is 2.26. The van der Waals surface area contributed by atoms with Gasteiger partial charge in [0.15, 0.2) is 0 Å². The van der Waals surface area contributed by atoms with E-state index < -0.39 is 0 Å². The Kier molecular flexibility index (Phi) is 4.61. The monoisotopic (exact) mass is 315 g/mol. The molecule has 1 saturated heterocycles. The van der Waals surface area contributed by atoms with Gasteiger partial charge in [0.1, 0.15) is 11.6 Å². The largest absolute Gasteiger partial charge is 0.381 e. The highest BCUT2D eigenvalue weighted by Gasteiger charge is 2.21. The van der Waals surface area contributed by atoms with Gasteiger partial charge < -0.3 is 9.64 Å². The Morgan fingerprint density at radius 3 is 2.78 bits per heavy atom. The van der Waals surface area contributed by atoms with Crippen LogP contribution in [0.25, 0.3) is 0 Å². The molecule has 0 amide bonds. The molecule has 6 nitrogen and oxygen atoms in total. The Labute approximate surface area is 137 Å². The third-order valence-corrected chi connectivity index (χ3v) is 4.56. The number of H-pyrrole nitrogens is 1. The molecule has 1 atom stereocenters. The van der Waals surface area contributed by atoms with E-state index in [2.05, 4.69) is 45.1 Å². The van der Waals surface area contributed by atoms with Crippen LogP contribution in [0.1, 0.15) is 40.8 Å². The lowest BCUT2D eigenvalue weighted by atomic mass is 10.0. The van der Waals surface area contributed by atoms with Gasteiger partial charge in [-0.2, -0.15) is 5.10 Å². The minimum absolute atomic E-state index is 0.405. The maximum Gasteiger partial charge on any atom is 0.132 e. The maximum absolute atomic E-state index is 5.49. The fraction of sp³-hybridized carbons (Fsp3) is 0.588. The smallest absolute Gasteiger partial charge is 0.132 e. The summed E-state index contributed by atoms with van der Waals surface area (Å²) in [5.74, 6) is 2.22. The molecule has 0 unspecified atom stereocenters. The van der Waals surface area contributed by atoms with Crippen molar-refractivity contribution in [2.75, 3.05) is 31.7 Å². The van der Waals surface area contributed by atoms with Crippen molar-refractivity contribution >= 4 is 5.82 Å². The molecule has 6 heteroatoms. The van der Waals surface area contributed by atoms with Crippen molar-refractivity contribution in [1.82, 2.24) is 20.2 Å². The molecule has 1 fully saturated rings. The molecule has 2 aromatic heterocycles. The first-order chi connectivity index (χ1) is 11.0. The predicted molar refractivity (Wildman–Crippen MR) is 90.0 cm³/mol. The molecule has 0 bridgehead atoms. The van der Waals surface area contributed by atoms with Crippen LogP contribution in [0.15, 0.2) is 6.07 Å². The van der Waals surface area contributed by atoms with Crippen LogP contribution in [0.5, 0.6) is 0 Å². The van der Waals surface area contributed by atoms with E-state index in [1.165, 1.54) is 5.56 Å². The maximum atomic E-state index is 5.49. The molecular formula is C17H25N5O. The average molecular weight is 315 g/mol. The molecule has 3 heterocycles. The molecule has 23 heavy (non-hydrogen) atoms. The Morgan fingerprint density at radius 1 is 1.30 bits per heavy atom. The van der Waals surface area contributed by atoms with Crippen molar-refractivity contribution in [3.63, 3.8) is 0 Å². The van der Waals surface area contributed by atoms with E-state index in [9.17, 15) is 0 Å². The van der Waals surface area contributed by atoms with E-state index in [4.69, 9.17) is 4.74 Å². The fourth-order valence-electron chi connectivity index (χ4n) is 3.08. The first kappa shape index (κ1) is 15.9. The van der Waals surface area contributed by atoms with Crippen molar-refractivity contribution in [3.8, 4) is 0 Å². The molecule has 1 aliphatic rings. The van der Waals surface area contributed by atoms with Crippen molar-refractivity contribution in [3.05, 3.63) is 34.5 Å². The standard InChI is InChI=1S/C17H25N5O/c1-11-15(12(2)21-20-11)5-7-22(4)17-9-16(18-13(3)19-17)14-6-8-23-10-14/h9,14H,5-8,10H2,1-4H3,(H,20,21)/t14-/m1/s1. The summed E-state index contributed by atoms with van der Waals surface area (Å²) in [6.07, 6.45) is 2.00. The molecule has 124 valence electrons. The van der Waals surface area contributed by atoms with E-state index in [0.717, 1.165) is 61.3 Å². The van der Waals surface area contributed by atoms with Crippen LogP contribution in [-0.4, -0.2) is 47.0 Å². The Balaban J connectivity index is 1.72. The Morgan fingerprint density at radius 2 is 2.13 bits per heavy atom. The molecule has 0 radical (unpaired) electrons. The molecule has 3 rings (SSSR count). The SMILES string of the molecule is Cc1nc([C@@H]2CCOC2)cc(N(C)CCc2c(C)n[nH]c2C)n1. The molecule has 1 N–H and O–H groups in total. The minimum Gasteiger partial charge on any atom is -0.381 e. The summed E-state index contributed by atoms with van der Waals surface area (Å²) in [4.78, 5) is 11.4. The topological polar surface area (TPSA) is 66.9 Å². The van der Waals surface area contributed by atoms with Crippen molar-refractivity contribution in [1.29, 1.82) is 0 Å². The number of aryl methyl sites for hydroxylation is 3. The number of hydrogen-bond donors (Lipinski definition) is 1. The third-order valence-electron chi connectivity index (χ3n) is 4.56. The summed E-state index contributed by atoms with van der Waals surface area (Å²) in [7, 11) is 2.08.